The third-order valence-corrected chi connectivity index (χ3v) is 5.85. The molecule has 11 heteroatoms. The van der Waals surface area contributed by atoms with Crippen molar-refractivity contribution >= 4 is 34.8 Å². The number of aromatic hydroxyl groups is 1. The minimum atomic E-state index is -1.23. The number of rotatable bonds is 10. The molecule has 0 bridgehead atoms. The molecule has 1 heterocycles. The SMILES string of the molecule is C[C@H](NC(=O)[C@H](Cc1ccc(O)cc1)NC(=O)OC(C)(C)C)C(=O)N[C@@H](Cc1c[nH]c2ccccc12)C(=O)O. The van der Waals surface area contributed by atoms with Crippen LogP contribution < -0.4 is 16.0 Å². The Kier molecular flexibility index (Phi) is 9.18. The summed E-state index contributed by atoms with van der Waals surface area (Å²) < 4.78 is 5.27. The Labute approximate surface area is 225 Å². The van der Waals surface area contributed by atoms with Crippen molar-refractivity contribution in [2.75, 3.05) is 0 Å². The minimum Gasteiger partial charge on any atom is -0.508 e. The van der Waals surface area contributed by atoms with E-state index in [2.05, 4.69) is 20.9 Å². The number of H-pyrrole nitrogens is 1. The van der Waals surface area contributed by atoms with Gasteiger partial charge >= 0.3 is 12.1 Å². The van der Waals surface area contributed by atoms with Crippen LogP contribution in [0.1, 0.15) is 38.8 Å². The molecule has 0 fully saturated rings. The number of aromatic nitrogens is 1. The van der Waals surface area contributed by atoms with Gasteiger partial charge in [-0.1, -0.05) is 30.3 Å². The molecule has 2 aromatic carbocycles. The predicted molar refractivity (Wildman–Crippen MR) is 144 cm³/mol. The van der Waals surface area contributed by atoms with E-state index in [0.29, 0.717) is 5.56 Å². The van der Waals surface area contributed by atoms with Crippen molar-refractivity contribution in [1.82, 2.24) is 20.9 Å². The molecular formula is C28H34N4O7. The van der Waals surface area contributed by atoms with Gasteiger partial charge in [-0.05, 0) is 57.0 Å². The number of ether oxygens (including phenoxy) is 1. The summed E-state index contributed by atoms with van der Waals surface area (Å²) in [6.45, 7) is 6.47. The Balaban J connectivity index is 1.68. The number of aliphatic carboxylic acids is 1. The van der Waals surface area contributed by atoms with Crippen molar-refractivity contribution in [3.8, 4) is 5.75 Å². The largest absolute Gasteiger partial charge is 0.508 e. The number of hydrogen-bond donors (Lipinski definition) is 6. The molecule has 0 saturated carbocycles. The average molecular weight is 539 g/mol. The first kappa shape index (κ1) is 29.0. The van der Waals surface area contributed by atoms with E-state index < -0.39 is 47.6 Å². The first-order chi connectivity index (χ1) is 18.3. The molecule has 3 amide bonds. The van der Waals surface area contributed by atoms with Gasteiger partial charge in [-0.3, -0.25) is 9.59 Å². The number of aromatic amines is 1. The molecule has 0 unspecified atom stereocenters. The number of carbonyl (C=O) groups excluding carboxylic acids is 3. The van der Waals surface area contributed by atoms with Crippen LogP contribution in [0.15, 0.2) is 54.7 Å². The number of benzene rings is 2. The highest BCUT2D eigenvalue weighted by molar-refractivity contribution is 5.93. The molecular weight excluding hydrogens is 504 g/mol. The molecule has 6 N–H and O–H groups in total. The molecule has 1 aromatic heterocycles. The standard InChI is InChI=1S/C28H34N4O7/c1-16(24(34)31-23(26(36)37)14-18-15-29-21-8-6-5-7-20(18)21)30-25(35)22(32-27(38)39-28(2,3)4)13-17-9-11-19(33)12-10-17/h5-12,15-16,22-23,29,33H,13-14H2,1-4H3,(H,30,35)(H,31,34)(H,32,38)(H,36,37)/t16-,22-,23-/m0/s1. The van der Waals surface area contributed by atoms with Crippen molar-refractivity contribution < 1.29 is 34.1 Å². The second-order valence-electron chi connectivity index (χ2n) is 10.3. The molecule has 0 radical (unpaired) electrons. The third kappa shape index (κ3) is 8.49. The van der Waals surface area contributed by atoms with E-state index in [9.17, 15) is 29.4 Å². The summed E-state index contributed by atoms with van der Waals surface area (Å²) in [6, 6.07) is 10.1. The molecule has 208 valence electrons. The zero-order chi connectivity index (χ0) is 28.7. The van der Waals surface area contributed by atoms with E-state index in [4.69, 9.17) is 4.74 Å². The lowest BCUT2D eigenvalue weighted by atomic mass is 10.0. The van der Waals surface area contributed by atoms with Crippen LogP contribution >= 0.6 is 0 Å². The Hall–Kier alpha value is -4.54. The fraction of sp³-hybridized carbons (Fsp3) is 0.357. The van der Waals surface area contributed by atoms with Gasteiger partial charge in [0.05, 0.1) is 0 Å². The molecule has 0 aliphatic rings. The summed E-state index contributed by atoms with van der Waals surface area (Å²) in [5.41, 5.74) is 1.42. The molecule has 3 rings (SSSR count). The average Bonchev–Trinajstić information content (AvgIpc) is 3.26. The molecule has 0 saturated heterocycles. The lowest BCUT2D eigenvalue weighted by molar-refractivity contribution is -0.142. The maximum absolute atomic E-state index is 13.1. The van der Waals surface area contributed by atoms with Crippen LogP contribution in [0.4, 0.5) is 4.79 Å². The van der Waals surface area contributed by atoms with Gasteiger partial charge in [0.15, 0.2) is 0 Å². The quantitative estimate of drug-likeness (QED) is 0.230. The highest BCUT2D eigenvalue weighted by Crippen LogP contribution is 2.19. The summed E-state index contributed by atoms with van der Waals surface area (Å²) in [5.74, 6) is -2.54. The van der Waals surface area contributed by atoms with E-state index in [0.717, 1.165) is 16.5 Å². The molecule has 11 nitrogen and oxygen atoms in total. The Bertz CT molecular complexity index is 1330. The number of hydrogen-bond acceptors (Lipinski definition) is 6. The van der Waals surface area contributed by atoms with Crippen LogP contribution in [-0.2, 0) is 32.0 Å². The van der Waals surface area contributed by atoms with E-state index >= 15 is 0 Å². The summed E-state index contributed by atoms with van der Waals surface area (Å²) in [4.78, 5) is 53.4. The Morgan fingerprint density at radius 2 is 1.56 bits per heavy atom. The van der Waals surface area contributed by atoms with Crippen molar-refractivity contribution in [2.24, 2.45) is 0 Å². The van der Waals surface area contributed by atoms with Gasteiger partial charge in [0.2, 0.25) is 11.8 Å². The summed E-state index contributed by atoms with van der Waals surface area (Å²) in [7, 11) is 0. The number of carboxylic acid groups (broad SMARTS) is 1. The summed E-state index contributed by atoms with van der Waals surface area (Å²) in [5, 5.41) is 27.7. The fourth-order valence-corrected chi connectivity index (χ4v) is 3.92. The maximum atomic E-state index is 13.1. The number of para-hydroxylation sites is 1. The van der Waals surface area contributed by atoms with Crippen molar-refractivity contribution in [1.29, 1.82) is 0 Å². The van der Waals surface area contributed by atoms with Gasteiger partial charge in [0, 0.05) is 29.9 Å². The molecule has 0 aliphatic carbocycles. The van der Waals surface area contributed by atoms with Crippen molar-refractivity contribution in [2.45, 2.75) is 64.3 Å². The second-order valence-corrected chi connectivity index (χ2v) is 10.3. The van der Waals surface area contributed by atoms with Crippen LogP contribution in [-0.4, -0.2) is 62.8 Å². The number of phenolic OH excluding ortho intramolecular Hbond substituents is 1. The number of fused-ring (bicyclic) bond motifs is 1. The highest BCUT2D eigenvalue weighted by atomic mass is 16.6. The van der Waals surface area contributed by atoms with Gasteiger partial charge in [-0.2, -0.15) is 0 Å². The second kappa shape index (κ2) is 12.3. The predicted octanol–water partition coefficient (Wildman–Crippen LogP) is 2.63. The molecule has 0 aliphatic heterocycles. The normalized spacial score (nSPS) is 13.6. The number of amides is 3. The van der Waals surface area contributed by atoms with E-state index in [-0.39, 0.29) is 18.6 Å². The molecule has 3 aromatic rings. The number of carbonyl (C=O) groups is 4. The zero-order valence-electron chi connectivity index (χ0n) is 22.3. The first-order valence-electron chi connectivity index (χ1n) is 12.5. The van der Waals surface area contributed by atoms with E-state index in [1.807, 2.05) is 24.3 Å². The van der Waals surface area contributed by atoms with Crippen LogP contribution in [0.2, 0.25) is 0 Å². The van der Waals surface area contributed by atoms with Gasteiger partial charge < -0.3 is 35.9 Å². The van der Waals surface area contributed by atoms with Crippen LogP contribution in [0.5, 0.6) is 5.75 Å². The van der Waals surface area contributed by atoms with Crippen molar-refractivity contribution in [3.63, 3.8) is 0 Å². The Morgan fingerprint density at radius 3 is 2.21 bits per heavy atom. The highest BCUT2D eigenvalue weighted by Gasteiger charge is 2.29. The zero-order valence-corrected chi connectivity index (χ0v) is 22.3. The van der Waals surface area contributed by atoms with E-state index in [1.165, 1.54) is 19.1 Å². The number of carboxylic acids is 1. The van der Waals surface area contributed by atoms with Crippen LogP contribution in [0.25, 0.3) is 10.9 Å². The van der Waals surface area contributed by atoms with Gasteiger partial charge in [-0.25, -0.2) is 9.59 Å². The smallest absolute Gasteiger partial charge is 0.408 e. The fourth-order valence-electron chi connectivity index (χ4n) is 3.92. The Morgan fingerprint density at radius 1 is 0.897 bits per heavy atom. The monoisotopic (exact) mass is 538 g/mol. The van der Waals surface area contributed by atoms with Gasteiger partial charge in [-0.15, -0.1) is 0 Å². The van der Waals surface area contributed by atoms with Crippen molar-refractivity contribution in [3.05, 3.63) is 65.9 Å². The van der Waals surface area contributed by atoms with Crippen LogP contribution in [0, 0.1) is 0 Å². The van der Waals surface area contributed by atoms with Crippen LogP contribution in [0.3, 0.4) is 0 Å². The molecule has 0 spiro atoms. The summed E-state index contributed by atoms with van der Waals surface area (Å²) in [6.07, 6.45) is 0.977. The number of phenols is 1. The maximum Gasteiger partial charge on any atom is 0.408 e. The first-order valence-corrected chi connectivity index (χ1v) is 12.5. The number of alkyl carbamates (subject to hydrolysis) is 1. The van der Waals surface area contributed by atoms with E-state index in [1.54, 1.807) is 39.1 Å². The lowest BCUT2D eigenvalue weighted by Crippen LogP contribution is -2.55. The number of nitrogens with one attached hydrogen (secondary N) is 4. The van der Waals surface area contributed by atoms with Gasteiger partial charge in [0.25, 0.3) is 0 Å². The van der Waals surface area contributed by atoms with Gasteiger partial charge in [0.1, 0.15) is 29.5 Å². The molecule has 3 atom stereocenters. The summed E-state index contributed by atoms with van der Waals surface area (Å²) >= 11 is 0. The minimum absolute atomic E-state index is 0.0371. The topological polar surface area (TPSA) is 170 Å². The molecule has 39 heavy (non-hydrogen) atoms. The lowest BCUT2D eigenvalue weighted by Gasteiger charge is -2.25. The third-order valence-electron chi connectivity index (χ3n) is 5.85.